The highest BCUT2D eigenvalue weighted by molar-refractivity contribution is 5.91. The molecule has 40 heavy (non-hydrogen) atoms. The smallest absolute Gasteiger partial charge is 0.252 e. The van der Waals surface area contributed by atoms with Crippen molar-refractivity contribution in [3.63, 3.8) is 0 Å². The molecule has 2 unspecified atom stereocenters. The largest absolute Gasteiger partial charge is 0.365 e. The van der Waals surface area contributed by atoms with E-state index in [2.05, 4.69) is 10.6 Å². The van der Waals surface area contributed by atoms with Crippen LogP contribution in [0.1, 0.15) is 142 Å². The van der Waals surface area contributed by atoms with Crippen LogP contribution in [0.4, 0.5) is 0 Å². The second kappa shape index (κ2) is 30.7. The topological polar surface area (TPSA) is 129 Å². The third kappa shape index (κ3) is 23.5. The maximum absolute atomic E-state index is 13.0. The van der Waals surface area contributed by atoms with E-state index < -0.39 is 12.2 Å². The van der Waals surface area contributed by atoms with E-state index in [9.17, 15) is 9.59 Å². The van der Waals surface area contributed by atoms with Crippen molar-refractivity contribution in [1.82, 2.24) is 10.6 Å². The fraction of sp³-hybridized carbons (Fsp3) is 0.938. The average molecular weight is 571 g/mol. The third-order valence-electron chi connectivity index (χ3n) is 7.18. The van der Waals surface area contributed by atoms with E-state index >= 15 is 0 Å². The molecule has 0 spiro atoms. The van der Waals surface area contributed by atoms with Gasteiger partial charge in [0.25, 0.3) is 11.8 Å². The zero-order valence-electron chi connectivity index (χ0n) is 26.3. The summed E-state index contributed by atoms with van der Waals surface area (Å²) in [5.41, 5.74) is 11.1. The minimum atomic E-state index is -0.931. The number of rotatable bonds is 31. The van der Waals surface area contributed by atoms with Gasteiger partial charge in [0, 0.05) is 26.3 Å². The van der Waals surface area contributed by atoms with Crippen LogP contribution in [0, 0.1) is 0 Å². The van der Waals surface area contributed by atoms with Crippen molar-refractivity contribution in [2.24, 2.45) is 11.5 Å². The predicted octanol–water partition coefficient (Wildman–Crippen LogP) is 5.75. The molecule has 0 aromatic carbocycles. The molecule has 0 fully saturated rings. The Bertz CT molecular complexity index is 517. The van der Waals surface area contributed by atoms with Crippen LogP contribution >= 0.6 is 0 Å². The first-order valence-corrected chi connectivity index (χ1v) is 16.8. The summed E-state index contributed by atoms with van der Waals surface area (Å²) in [5, 5.41) is 5.84. The fourth-order valence-corrected chi connectivity index (χ4v) is 4.69. The molecule has 0 saturated heterocycles. The van der Waals surface area contributed by atoms with Crippen LogP contribution in [0.2, 0.25) is 0 Å². The molecule has 0 bridgehead atoms. The standard InChI is InChI=1S/C32H66N4O4/c1-3-25-35-31(37)29(39-27-21-17-13-9-5-7-11-15-19-23-33)30(32(38)36-26-4-2)40-28-22-18-14-10-6-8-12-16-20-24-34/h29-30H,3-28,33-34H2,1-2H3,(H,35,37)(H,36,38). The minimum Gasteiger partial charge on any atom is -0.365 e. The summed E-state index contributed by atoms with van der Waals surface area (Å²) >= 11 is 0. The van der Waals surface area contributed by atoms with Gasteiger partial charge in [-0.2, -0.15) is 0 Å². The van der Waals surface area contributed by atoms with Crippen LogP contribution in [0.25, 0.3) is 0 Å². The summed E-state index contributed by atoms with van der Waals surface area (Å²) < 4.78 is 12.1. The fourth-order valence-electron chi connectivity index (χ4n) is 4.69. The lowest BCUT2D eigenvalue weighted by atomic mass is 10.1. The van der Waals surface area contributed by atoms with Gasteiger partial charge in [-0.1, -0.05) is 104 Å². The number of amides is 2. The molecular formula is C32H66N4O4. The highest BCUT2D eigenvalue weighted by atomic mass is 16.5. The van der Waals surface area contributed by atoms with Crippen LogP contribution in [-0.2, 0) is 19.1 Å². The van der Waals surface area contributed by atoms with Gasteiger partial charge in [0.15, 0.2) is 12.2 Å². The SMILES string of the molecule is CCCNC(=O)C(OCCCCCCCCCCCN)C(OCCCCCCCCCCCN)C(=O)NCCC. The maximum atomic E-state index is 13.0. The van der Waals surface area contributed by atoms with E-state index in [1.54, 1.807) is 0 Å². The molecule has 2 atom stereocenters. The molecule has 0 radical (unpaired) electrons. The molecule has 8 heteroatoms. The number of unbranched alkanes of at least 4 members (excludes halogenated alkanes) is 16. The van der Waals surface area contributed by atoms with Crippen LogP contribution < -0.4 is 22.1 Å². The van der Waals surface area contributed by atoms with Gasteiger partial charge in [0.05, 0.1) is 0 Å². The van der Waals surface area contributed by atoms with Crippen LogP contribution in [-0.4, -0.2) is 63.4 Å². The van der Waals surface area contributed by atoms with Gasteiger partial charge in [0.2, 0.25) is 0 Å². The zero-order valence-corrected chi connectivity index (χ0v) is 26.3. The van der Waals surface area contributed by atoms with Gasteiger partial charge in [-0.25, -0.2) is 0 Å². The molecule has 0 aromatic rings. The van der Waals surface area contributed by atoms with Gasteiger partial charge in [-0.15, -0.1) is 0 Å². The van der Waals surface area contributed by atoms with Crippen molar-refractivity contribution in [3.05, 3.63) is 0 Å². The Morgan fingerprint density at radius 3 is 1.05 bits per heavy atom. The van der Waals surface area contributed by atoms with Crippen molar-refractivity contribution in [2.75, 3.05) is 39.4 Å². The summed E-state index contributed by atoms with van der Waals surface area (Å²) in [6.45, 7) is 7.62. The maximum Gasteiger partial charge on any atom is 0.252 e. The molecule has 0 aliphatic heterocycles. The quantitative estimate of drug-likeness (QED) is 0.0786. The average Bonchev–Trinajstić information content (AvgIpc) is 2.96. The van der Waals surface area contributed by atoms with Gasteiger partial charge in [-0.3, -0.25) is 9.59 Å². The molecule has 0 aromatic heterocycles. The predicted molar refractivity (Wildman–Crippen MR) is 167 cm³/mol. The summed E-state index contributed by atoms with van der Waals surface area (Å²) in [7, 11) is 0. The van der Waals surface area contributed by atoms with E-state index in [4.69, 9.17) is 20.9 Å². The number of hydrogen-bond acceptors (Lipinski definition) is 6. The van der Waals surface area contributed by atoms with Crippen LogP contribution in [0.3, 0.4) is 0 Å². The minimum absolute atomic E-state index is 0.259. The molecule has 6 N–H and O–H groups in total. The molecule has 0 saturated carbocycles. The summed E-state index contributed by atoms with van der Waals surface area (Å²) in [6, 6.07) is 0. The Balaban J connectivity index is 4.61. The van der Waals surface area contributed by atoms with E-state index in [1.165, 1.54) is 64.2 Å². The van der Waals surface area contributed by atoms with Gasteiger partial charge < -0.3 is 31.6 Å². The first-order chi connectivity index (χ1) is 19.6. The normalized spacial score (nSPS) is 12.8. The lowest BCUT2D eigenvalue weighted by Gasteiger charge is -2.26. The molecule has 0 aliphatic rings. The van der Waals surface area contributed by atoms with Gasteiger partial charge in [0.1, 0.15) is 0 Å². The Kier molecular flexibility index (Phi) is 29.8. The molecule has 8 nitrogen and oxygen atoms in total. The van der Waals surface area contributed by atoms with Crippen LogP contribution in [0.5, 0.6) is 0 Å². The molecule has 2 amide bonds. The first-order valence-electron chi connectivity index (χ1n) is 16.8. The lowest BCUT2D eigenvalue weighted by molar-refractivity contribution is -0.157. The number of nitrogens with one attached hydrogen (secondary N) is 2. The molecule has 0 heterocycles. The number of carbonyl (C=O) groups excluding carboxylic acids is 2. The van der Waals surface area contributed by atoms with Crippen molar-refractivity contribution in [2.45, 2.75) is 154 Å². The van der Waals surface area contributed by atoms with E-state index in [1.807, 2.05) is 13.8 Å². The first kappa shape index (κ1) is 38.8. The number of carbonyl (C=O) groups is 2. The highest BCUT2D eigenvalue weighted by Gasteiger charge is 2.35. The molecule has 0 rings (SSSR count). The lowest BCUT2D eigenvalue weighted by Crippen LogP contribution is -2.52. The van der Waals surface area contributed by atoms with Gasteiger partial charge in [-0.05, 0) is 51.6 Å². The van der Waals surface area contributed by atoms with Crippen molar-refractivity contribution in [3.8, 4) is 0 Å². The van der Waals surface area contributed by atoms with E-state index in [-0.39, 0.29) is 11.8 Å². The Labute approximate surface area is 246 Å². The Morgan fingerprint density at radius 2 is 0.775 bits per heavy atom. The van der Waals surface area contributed by atoms with E-state index in [0.29, 0.717) is 26.3 Å². The van der Waals surface area contributed by atoms with Crippen molar-refractivity contribution >= 4 is 11.8 Å². The second-order valence-electron chi connectivity index (χ2n) is 11.1. The second-order valence-corrected chi connectivity index (χ2v) is 11.1. The van der Waals surface area contributed by atoms with E-state index in [0.717, 1.165) is 77.3 Å². The zero-order chi connectivity index (χ0) is 29.5. The number of ether oxygens (including phenoxy) is 2. The van der Waals surface area contributed by atoms with Crippen molar-refractivity contribution < 1.29 is 19.1 Å². The van der Waals surface area contributed by atoms with Crippen LogP contribution in [0.15, 0.2) is 0 Å². The Hall–Kier alpha value is -1.22. The monoisotopic (exact) mass is 571 g/mol. The summed E-state index contributed by atoms with van der Waals surface area (Å²) in [6.07, 6.45) is 20.8. The van der Waals surface area contributed by atoms with Crippen molar-refractivity contribution in [1.29, 1.82) is 0 Å². The van der Waals surface area contributed by atoms with Gasteiger partial charge >= 0.3 is 0 Å². The molecule has 0 aliphatic carbocycles. The highest BCUT2D eigenvalue weighted by Crippen LogP contribution is 2.14. The molecular weight excluding hydrogens is 504 g/mol. The Morgan fingerprint density at radius 1 is 0.500 bits per heavy atom. The molecule has 238 valence electrons. The summed E-state index contributed by atoms with van der Waals surface area (Å²) in [4.78, 5) is 26.1. The third-order valence-corrected chi connectivity index (χ3v) is 7.18. The summed E-state index contributed by atoms with van der Waals surface area (Å²) in [5.74, 6) is -0.517. The number of hydrogen-bond donors (Lipinski definition) is 4. The number of nitrogens with two attached hydrogens (primary N) is 2.